The zero-order valence-corrected chi connectivity index (χ0v) is 9.72. The Kier molecular flexibility index (Phi) is 4.39. The van der Waals surface area contributed by atoms with Crippen molar-refractivity contribution in [2.24, 2.45) is 0 Å². The third-order valence-electron chi connectivity index (χ3n) is 1.97. The smallest absolute Gasteiger partial charge is 0.229 e. The fourth-order valence-corrected chi connectivity index (χ4v) is 1.69. The minimum Gasteiger partial charge on any atom is -0.396 e. The molecule has 0 aliphatic rings. The molecular formula is C10H11Cl2NO2. The first-order chi connectivity index (χ1) is 7.06. The van der Waals surface area contributed by atoms with Gasteiger partial charge in [0.15, 0.2) is 0 Å². The minimum atomic E-state index is -0.193. The summed E-state index contributed by atoms with van der Waals surface area (Å²) < 4.78 is 0. The van der Waals surface area contributed by atoms with E-state index in [2.05, 4.69) is 0 Å². The van der Waals surface area contributed by atoms with Crippen molar-refractivity contribution in [2.75, 3.05) is 18.6 Å². The molecule has 0 aromatic heterocycles. The van der Waals surface area contributed by atoms with Crippen molar-refractivity contribution in [3.63, 3.8) is 0 Å². The summed E-state index contributed by atoms with van der Waals surface area (Å²) in [6, 6.07) is 4.90. The monoisotopic (exact) mass is 247 g/mol. The van der Waals surface area contributed by atoms with Gasteiger partial charge in [-0.15, -0.1) is 0 Å². The fourth-order valence-electron chi connectivity index (χ4n) is 1.15. The second kappa shape index (κ2) is 5.35. The molecule has 15 heavy (non-hydrogen) atoms. The van der Waals surface area contributed by atoms with E-state index in [9.17, 15) is 4.79 Å². The van der Waals surface area contributed by atoms with Gasteiger partial charge in [-0.25, -0.2) is 0 Å². The zero-order valence-electron chi connectivity index (χ0n) is 8.20. The normalized spacial score (nSPS) is 10.1. The van der Waals surface area contributed by atoms with Crippen molar-refractivity contribution in [3.05, 3.63) is 28.2 Å². The number of anilines is 1. The van der Waals surface area contributed by atoms with Gasteiger partial charge in [-0.3, -0.25) is 4.79 Å². The van der Waals surface area contributed by atoms with Crippen LogP contribution in [0, 0.1) is 0 Å². The molecule has 0 aliphatic heterocycles. The molecule has 0 radical (unpaired) electrons. The van der Waals surface area contributed by atoms with Gasteiger partial charge in [0.25, 0.3) is 0 Å². The van der Waals surface area contributed by atoms with E-state index in [0.717, 1.165) is 0 Å². The molecule has 0 aliphatic carbocycles. The number of halogens is 2. The van der Waals surface area contributed by atoms with E-state index < -0.39 is 0 Å². The molecule has 0 atom stereocenters. The molecule has 1 aromatic carbocycles. The van der Waals surface area contributed by atoms with E-state index >= 15 is 0 Å². The average Bonchev–Trinajstić information content (AvgIpc) is 2.17. The minimum absolute atomic E-state index is 0.0788. The van der Waals surface area contributed by atoms with Crippen molar-refractivity contribution >= 4 is 34.8 Å². The van der Waals surface area contributed by atoms with Crippen LogP contribution in [0.2, 0.25) is 10.0 Å². The first-order valence-corrected chi connectivity index (χ1v) is 5.14. The molecule has 0 saturated carbocycles. The maximum atomic E-state index is 11.5. The lowest BCUT2D eigenvalue weighted by Crippen LogP contribution is -2.26. The molecule has 3 nitrogen and oxygen atoms in total. The number of hydrogen-bond acceptors (Lipinski definition) is 2. The van der Waals surface area contributed by atoms with Crippen LogP contribution in [0.3, 0.4) is 0 Å². The van der Waals surface area contributed by atoms with Gasteiger partial charge in [0.1, 0.15) is 0 Å². The van der Waals surface area contributed by atoms with Crippen LogP contribution in [0.5, 0.6) is 0 Å². The van der Waals surface area contributed by atoms with Crippen LogP contribution >= 0.6 is 23.2 Å². The summed E-state index contributed by atoms with van der Waals surface area (Å²) in [6.45, 7) is -0.172. The molecule has 1 rings (SSSR count). The molecule has 0 fully saturated rings. The van der Waals surface area contributed by atoms with E-state index in [1.807, 2.05) is 0 Å². The van der Waals surface area contributed by atoms with Crippen LogP contribution in [0.1, 0.15) is 6.42 Å². The Labute approximate surface area is 98.2 Å². The van der Waals surface area contributed by atoms with Crippen LogP contribution in [-0.4, -0.2) is 24.7 Å². The molecular weight excluding hydrogens is 237 g/mol. The van der Waals surface area contributed by atoms with E-state index in [1.54, 1.807) is 25.2 Å². The number of hydrogen-bond donors (Lipinski definition) is 1. The van der Waals surface area contributed by atoms with Crippen molar-refractivity contribution < 1.29 is 9.90 Å². The SMILES string of the molecule is CN(C(=O)CCO)c1ccc(Cl)cc1Cl. The largest absolute Gasteiger partial charge is 0.396 e. The molecule has 1 N–H and O–H groups in total. The predicted octanol–water partition coefficient (Wildman–Crippen LogP) is 2.34. The third-order valence-corrected chi connectivity index (χ3v) is 2.51. The molecule has 0 saturated heterocycles. The van der Waals surface area contributed by atoms with Crippen LogP contribution in [0.15, 0.2) is 18.2 Å². The topological polar surface area (TPSA) is 40.5 Å². The van der Waals surface area contributed by atoms with Gasteiger partial charge in [-0.1, -0.05) is 23.2 Å². The quantitative estimate of drug-likeness (QED) is 0.891. The first-order valence-electron chi connectivity index (χ1n) is 4.38. The second-order valence-electron chi connectivity index (χ2n) is 3.02. The van der Waals surface area contributed by atoms with Crippen molar-refractivity contribution in [3.8, 4) is 0 Å². The molecule has 0 bridgehead atoms. The number of aliphatic hydroxyl groups excluding tert-OH is 1. The standard InChI is InChI=1S/C10H11Cl2NO2/c1-13(10(15)4-5-14)9-3-2-7(11)6-8(9)12/h2-3,6,14H,4-5H2,1H3. The van der Waals surface area contributed by atoms with Gasteiger partial charge in [0.2, 0.25) is 5.91 Å². The van der Waals surface area contributed by atoms with E-state index in [1.165, 1.54) is 4.90 Å². The summed E-state index contributed by atoms with van der Waals surface area (Å²) in [5.41, 5.74) is 0.583. The summed E-state index contributed by atoms with van der Waals surface area (Å²) >= 11 is 11.7. The maximum Gasteiger partial charge on any atom is 0.229 e. The lowest BCUT2D eigenvalue weighted by atomic mass is 10.2. The van der Waals surface area contributed by atoms with Crippen LogP contribution in [0.4, 0.5) is 5.69 Å². The Morgan fingerprint density at radius 3 is 2.67 bits per heavy atom. The van der Waals surface area contributed by atoms with Crippen molar-refractivity contribution in [1.29, 1.82) is 0 Å². The molecule has 82 valence electrons. The third kappa shape index (κ3) is 3.09. The van der Waals surface area contributed by atoms with Gasteiger partial charge < -0.3 is 10.0 Å². The average molecular weight is 248 g/mol. The molecule has 1 aromatic rings. The fraction of sp³-hybridized carbons (Fsp3) is 0.300. The van der Waals surface area contributed by atoms with Crippen LogP contribution in [-0.2, 0) is 4.79 Å². The predicted molar refractivity (Wildman–Crippen MR) is 61.6 cm³/mol. The molecule has 0 spiro atoms. The summed E-state index contributed by atoms with van der Waals surface area (Å²) in [6.07, 6.45) is 0.0788. The number of benzene rings is 1. The lowest BCUT2D eigenvalue weighted by Gasteiger charge is -2.18. The zero-order chi connectivity index (χ0) is 11.4. The van der Waals surface area contributed by atoms with Crippen molar-refractivity contribution in [1.82, 2.24) is 0 Å². The molecule has 0 heterocycles. The highest BCUT2D eigenvalue weighted by molar-refractivity contribution is 6.36. The van der Waals surface area contributed by atoms with Gasteiger partial charge in [0.05, 0.1) is 23.7 Å². The van der Waals surface area contributed by atoms with E-state index in [-0.39, 0.29) is 18.9 Å². The number of carbonyl (C=O) groups is 1. The molecule has 5 heteroatoms. The highest BCUT2D eigenvalue weighted by Gasteiger charge is 2.13. The second-order valence-corrected chi connectivity index (χ2v) is 3.87. The highest BCUT2D eigenvalue weighted by Crippen LogP contribution is 2.28. The lowest BCUT2D eigenvalue weighted by molar-refractivity contribution is -0.118. The molecule has 1 amide bonds. The Morgan fingerprint density at radius 2 is 2.13 bits per heavy atom. The van der Waals surface area contributed by atoms with Crippen LogP contribution in [0.25, 0.3) is 0 Å². The summed E-state index contributed by atoms with van der Waals surface area (Å²) in [7, 11) is 1.60. The van der Waals surface area contributed by atoms with E-state index in [4.69, 9.17) is 28.3 Å². The number of amides is 1. The van der Waals surface area contributed by atoms with E-state index in [0.29, 0.717) is 15.7 Å². The van der Waals surface area contributed by atoms with Gasteiger partial charge in [-0.2, -0.15) is 0 Å². The summed E-state index contributed by atoms with van der Waals surface area (Å²) in [5.74, 6) is -0.193. The number of nitrogens with zero attached hydrogens (tertiary/aromatic N) is 1. The van der Waals surface area contributed by atoms with Gasteiger partial charge >= 0.3 is 0 Å². The summed E-state index contributed by atoms with van der Waals surface area (Å²) in [4.78, 5) is 12.9. The highest BCUT2D eigenvalue weighted by atomic mass is 35.5. The number of aliphatic hydroxyl groups is 1. The maximum absolute atomic E-state index is 11.5. The Bertz CT molecular complexity index is 368. The van der Waals surface area contributed by atoms with Gasteiger partial charge in [-0.05, 0) is 18.2 Å². The van der Waals surface area contributed by atoms with Crippen molar-refractivity contribution in [2.45, 2.75) is 6.42 Å². The Morgan fingerprint density at radius 1 is 1.47 bits per heavy atom. The Hall–Kier alpha value is -0.770. The number of rotatable bonds is 3. The van der Waals surface area contributed by atoms with Gasteiger partial charge in [0, 0.05) is 12.1 Å². The molecule has 0 unspecified atom stereocenters. The number of carbonyl (C=O) groups excluding carboxylic acids is 1. The first kappa shape index (κ1) is 12.3. The summed E-state index contributed by atoms with van der Waals surface area (Å²) in [5, 5.41) is 9.58. The van der Waals surface area contributed by atoms with Crippen LogP contribution < -0.4 is 4.90 Å². The Balaban J connectivity index is 2.91.